The van der Waals surface area contributed by atoms with Gasteiger partial charge >= 0.3 is 5.97 Å². The first kappa shape index (κ1) is 17.0. The Kier molecular flexibility index (Phi) is 4.73. The van der Waals surface area contributed by atoms with Crippen molar-refractivity contribution in [3.05, 3.63) is 59.9 Å². The number of methoxy groups -OCH3 is 1. The lowest BCUT2D eigenvalue weighted by atomic mass is 9.57. The first-order valence-electron chi connectivity index (χ1n) is 7.58. The molecule has 0 bridgehead atoms. The molecular weight excluding hydrogens is 290 g/mol. The number of hydrogen-bond donors (Lipinski definition) is 1. The lowest BCUT2D eigenvalue weighted by Gasteiger charge is -2.45. The SMILES string of the molecule is COc1cccc([C@](CC(=O)O)(c2cccnc2)C(C)(C)C)c1. The Morgan fingerprint density at radius 1 is 1.17 bits per heavy atom. The highest BCUT2D eigenvalue weighted by molar-refractivity contribution is 5.71. The maximum Gasteiger partial charge on any atom is 0.304 e. The van der Waals surface area contributed by atoms with Crippen LogP contribution in [0.2, 0.25) is 0 Å². The predicted octanol–water partition coefficient (Wildman–Crippen LogP) is 3.90. The molecule has 0 aliphatic carbocycles. The van der Waals surface area contributed by atoms with Gasteiger partial charge in [-0.05, 0) is 34.7 Å². The molecule has 122 valence electrons. The van der Waals surface area contributed by atoms with Gasteiger partial charge in [0.2, 0.25) is 0 Å². The van der Waals surface area contributed by atoms with Gasteiger partial charge in [-0.2, -0.15) is 0 Å². The minimum atomic E-state index is -0.841. The van der Waals surface area contributed by atoms with Crippen molar-refractivity contribution in [2.75, 3.05) is 7.11 Å². The second-order valence-corrected chi connectivity index (χ2v) is 6.70. The van der Waals surface area contributed by atoms with Crippen LogP contribution >= 0.6 is 0 Å². The molecule has 0 aliphatic heterocycles. The number of carboxylic acid groups (broad SMARTS) is 1. The quantitative estimate of drug-likeness (QED) is 0.909. The Morgan fingerprint density at radius 3 is 2.39 bits per heavy atom. The summed E-state index contributed by atoms with van der Waals surface area (Å²) in [6.07, 6.45) is 3.44. The molecule has 0 unspecified atom stereocenters. The van der Waals surface area contributed by atoms with E-state index in [1.165, 1.54) is 0 Å². The summed E-state index contributed by atoms with van der Waals surface area (Å²) in [7, 11) is 1.61. The molecule has 1 atom stereocenters. The summed E-state index contributed by atoms with van der Waals surface area (Å²) in [6.45, 7) is 6.17. The summed E-state index contributed by atoms with van der Waals surface area (Å²) >= 11 is 0. The molecule has 0 radical (unpaired) electrons. The number of carboxylic acids is 1. The molecule has 0 amide bonds. The lowest BCUT2D eigenvalue weighted by Crippen LogP contribution is -2.43. The van der Waals surface area contributed by atoms with Crippen molar-refractivity contribution < 1.29 is 14.6 Å². The number of ether oxygens (including phenoxy) is 1. The molecule has 1 N–H and O–H groups in total. The van der Waals surface area contributed by atoms with E-state index in [0.717, 1.165) is 11.1 Å². The summed E-state index contributed by atoms with van der Waals surface area (Å²) < 4.78 is 5.34. The van der Waals surface area contributed by atoms with E-state index in [-0.39, 0.29) is 11.8 Å². The van der Waals surface area contributed by atoms with Gasteiger partial charge in [0.05, 0.1) is 13.5 Å². The van der Waals surface area contributed by atoms with Crippen LogP contribution in [0.1, 0.15) is 38.3 Å². The van der Waals surface area contributed by atoms with Crippen LogP contribution in [-0.2, 0) is 10.2 Å². The second-order valence-electron chi connectivity index (χ2n) is 6.70. The summed E-state index contributed by atoms with van der Waals surface area (Å²) in [5.74, 6) is -0.128. The van der Waals surface area contributed by atoms with E-state index in [1.54, 1.807) is 19.5 Å². The van der Waals surface area contributed by atoms with E-state index in [2.05, 4.69) is 25.8 Å². The Hall–Kier alpha value is -2.36. The zero-order valence-electron chi connectivity index (χ0n) is 14.0. The average molecular weight is 313 g/mol. The maximum atomic E-state index is 11.7. The van der Waals surface area contributed by atoms with Crippen molar-refractivity contribution in [2.24, 2.45) is 5.41 Å². The molecule has 0 aliphatic rings. The van der Waals surface area contributed by atoms with E-state index in [1.807, 2.05) is 36.4 Å². The summed E-state index contributed by atoms with van der Waals surface area (Å²) in [5.41, 5.74) is 0.769. The van der Waals surface area contributed by atoms with Gasteiger partial charge in [0.1, 0.15) is 5.75 Å². The maximum absolute atomic E-state index is 11.7. The van der Waals surface area contributed by atoms with Crippen LogP contribution < -0.4 is 4.74 Å². The third-order valence-electron chi connectivity index (χ3n) is 4.41. The fraction of sp³-hybridized carbons (Fsp3) is 0.368. The Bertz CT molecular complexity index is 677. The van der Waals surface area contributed by atoms with Gasteiger partial charge in [-0.25, -0.2) is 0 Å². The highest BCUT2D eigenvalue weighted by Crippen LogP contribution is 2.49. The monoisotopic (exact) mass is 313 g/mol. The molecule has 4 heteroatoms. The van der Waals surface area contributed by atoms with Gasteiger partial charge in [0.25, 0.3) is 0 Å². The van der Waals surface area contributed by atoms with Crippen molar-refractivity contribution in [1.82, 2.24) is 4.98 Å². The van der Waals surface area contributed by atoms with Crippen molar-refractivity contribution in [3.8, 4) is 5.75 Å². The van der Waals surface area contributed by atoms with E-state index in [0.29, 0.717) is 5.75 Å². The third-order valence-corrected chi connectivity index (χ3v) is 4.41. The largest absolute Gasteiger partial charge is 0.497 e. The Labute approximate surface area is 137 Å². The van der Waals surface area contributed by atoms with E-state index >= 15 is 0 Å². The van der Waals surface area contributed by atoms with Crippen LogP contribution in [-0.4, -0.2) is 23.2 Å². The van der Waals surface area contributed by atoms with Crippen LogP contribution in [0.15, 0.2) is 48.8 Å². The number of aromatic nitrogens is 1. The van der Waals surface area contributed by atoms with E-state index in [4.69, 9.17) is 4.74 Å². The minimum absolute atomic E-state index is 0.0185. The number of nitrogens with zero attached hydrogens (tertiary/aromatic N) is 1. The average Bonchev–Trinajstić information content (AvgIpc) is 2.52. The number of rotatable bonds is 5. The van der Waals surface area contributed by atoms with Gasteiger partial charge in [0.15, 0.2) is 0 Å². The molecule has 23 heavy (non-hydrogen) atoms. The van der Waals surface area contributed by atoms with Crippen LogP contribution in [0.4, 0.5) is 0 Å². The van der Waals surface area contributed by atoms with Crippen LogP contribution in [0.5, 0.6) is 5.75 Å². The first-order chi connectivity index (χ1) is 10.8. The standard InChI is InChI=1S/C19H23NO3/c1-18(2,3)19(12-17(21)22,15-8-6-10-20-13-15)14-7-5-9-16(11-14)23-4/h5-11,13H,12H2,1-4H3,(H,21,22)/t19-/m1/s1. The van der Waals surface area contributed by atoms with Crippen LogP contribution in [0.25, 0.3) is 0 Å². The Morgan fingerprint density at radius 2 is 1.87 bits per heavy atom. The molecule has 0 fully saturated rings. The summed E-state index contributed by atoms with van der Waals surface area (Å²) in [4.78, 5) is 15.9. The van der Waals surface area contributed by atoms with Crippen molar-refractivity contribution in [1.29, 1.82) is 0 Å². The molecule has 1 heterocycles. The topological polar surface area (TPSA) is 59.4 Å². The number of carbonyl (C=O) groups is 1. The lowest BCUT2D eigenvalue weighted by molar-refractivity contribution is -0.139. The molecule has 1 aromatic heterocycles. The number of hydrogen-bond acceptors (Lipinski definition) is 3. The number of benzene rings is 1. The summed E-state index contributed by atoms with van der Waals surface area (Å²) in [5, 5.41) is 9.61. The predicted molar refractivity (Wildman–Crippen MR) is 89.7 cm³/mol. The molecule has 0 saturated carbocycles. The van der Waals surface area contributed by atoms with Crippen molar-refractivity contribution in [2.45, 2.75) is 32.6 Å². The molecule has 2 rings (SSSR count). The highest BCUT2D eigenvalue weighted by Gasteiger charge is 2.47. The van der Waals surface area contributed by atoms with E-state index in [9.17, 15) is 9.90 Å². The fourth-order valence-electron chi connectivity index (χ4n) is 3.23. The number of aliphatic carboxylic acids is 1. The fourth-order valence-corrected chi connectivity index (χ4v) is 3.23. The molecular formula is C19H23NO3. The highest BCUT2D eigenvalue weighted by atomic mass is 16.5. The molecule has 4 nitrogen and oxygen atoms in total. The van der Waals surface area contributed by atoms with Crippen LogP contribution in [0.3, 0.4) is 0 Å². The van der Waals surface area contributed by atoms with E-state index < -0.39 is 11.4 Å². The zero-order valence-corrected chi connectivity index (χ0v) is 14.0. The van der Waals surface area contributed by atoms with Gasteiger partial charge < -0.3 is 9.84 Å². The zero-order chi connectivity index (χ0) is 17.1. The van der Waals surface area contributed by atoms with Gasteiger partial charge in [-0.3, -0.25) is 9.78 Å². The molecule has 0 spiro atoms. The van der Waals surface area contributed by atoms with Gasteiger partial charge in [0, 0.05) is 17.8 Å². The summed E-state index contributed by atoms with van der Waals surface area (Å²) in [6, 6.07) is 11.4. The molecule has 2 aromatic rings. The Balaban J connectivity index is 2.78. The second kappa shape index (κ2) is 6.41. The van der Waals surface area contributed by atoms with Crippen molar-refractivity contribution in [3.63, 3.8) is 0 Å². The normalized spacial score (nSPS) is 14.1. The minimum Gasteiger partial charge on any atom is -0.497 e. The molecule has 0 saturated heterocycles. The van der Waals surface area contributed by atoms with Gasteiger partial charge in [-0.1, -0.05) is 39.0 Å². The van der Waals surface area contributed by atoms with Crippen LogP contribution in [0, 0.1) is 5.41 Å². The van der Waals surface area contributed by atoms with Crippen molar-refractivity contribution >= 4 is 5.97 Å². The van der Waals surface area contributed by atoms with Gasteiger partial charge in [-0.15, -0.1) is 0 Å². The third kappa shape index (κ3) is 3.21. The smallest absolute Gasteiger partial charge is 0.304 e. The number of pyridine rings is 1. The molecule has 1 aromatic carbocycles. The first-order valence-corrected chi connectivity index (χ1v) is 7.58.